The van der Waals surface area contributed by atoms with Crippen LogP contribution in [0.25, 0.3) is 10.9 Å². The van der Waals surface area contributed by atoms with Crippen LogP contribution in [-0.2, 0) is 11.2 Å². The molecule has 1 amide bonds. The van der Waals surface area contributed by atoms with Crippen LogP contribution in [0.3, 0.4) is 0 Å². The van der Waals surface area contributed by atoms with E-state index in [1.165, 1.54) is 0 Å². The Hall–Kier alpha value is -2.63. The van der Waals surface area contributed by atoms with E-state index in [-0.39, 0.29) is 23.9 Å². The number of hydrogen-bond acceptors (Lipinski definition) is 3. The lowest BCUT2D eigenvalue weighted by Crippen LogP contribution is -2.35. The lowest BCUT2D eigenvalue weighted by molar-refractivity contribution is -0.120. The van der Waals surface area contributed by atoms with Crippen LogP contribution in [0.1, 0.15) is 22.7 Å². The summed E-state index contributed by atoms with van der Waals surface area (Å²) >= 11 is 6.10. The maximum absolute atomic E-state index is 12.5. The minimum absolute atomic E-state index is 0.0342. The van der Waals surface area contributed by atoms with Gasteiger partial charge in [-0.05, 0) is 67.9 Å². The number of pyridine rings is 1. The third-order valence-electron chi connectivity index (χ3n) is 4.81. The number of carbonyl (C=O) groups is 1. The zero-order chi connectivity index (χ0) is 20.3. The Kier molecular flexibility index (Phi) is 6.17. The number of aromatic amines is 1. The zero-order valence-electron chi connectivity index (χ0n) is 16.3. The van der Waals surface area contributed by atoms with Gasteiger partial charge in [0.05, 0.1) is 12.5 Å². The number of aromatic nitrogens is 1. The highest BCUT2D eigenvalue weighted by Gasteiger charge is 2.16. The summed E-state index contributed by atoms with van der Waals surface area (Å²) < 4.78 is 0. The first-order valence-electron chi connectivity index (χ1n) is 9.14. The molecule has 2 N–H and O–H groups in total. The van der Waals surface area contributed by atoms with Crippen LogP contribution in [0.4, 0.5) is 0 Å². The van der Waals surface area contributed by atoms with E-state index in [4.69, 9.17) is 11.6 Å². The summed E-state index contributed by atoms with van der Waals surface area (Å²) in [5.41, 5.74) is 3.30. The molecule has 3 rings (SSSR count). The van der Waals surface area contributed by atoms with Crippen molar-refractivity contribution in [1.29, 1.82) is 0 Å². The van der Waals surface area contributed by atoms with E-state index in [2.05, 4.69) is 15.2 Å². The number of nitrogens with zero attached hydrogens (tertiary/aromatic N) is 1. The fraction of sp³-hybridized carbons (Fsp3) is 0.273. The van der Waals surface area contributed by atoms with Crippen molar-refractivity contribution in [3.05, 3.63) is 80.6 Å². The Morgan fingerprint density at radius 2 is 1.96 bits per heavy atom. The van der Waals surface area contributed by atoms with Crippen molar-refractivity contribution in [2.75, 3.05) is 20.6 Å². The highest BCUT2D eigenvalue weighted by molar-refractivity contribution is 6.30. The molecule has 5 nitrogen and oxygen atoms in total. The van der Waals surface area contributed by atoms with Gasteiger partial charge in [-0.2, -0.15) is 0 Å². The van der Waals surface area contributed by atoms with Crippen LogP contribution in [0.5, 0.6) is 0 Å². The Bertz CT molecular complexity index is 1060. The zero-order valence-corrected chi connectivity index (χ0v) is 17.0. The molecule has 1 atom stereocenters. The molecule has 1 aromatic heterocycles. The molecule has 0 saturated heterocycles. The lowest BCUT2D eigenvalue weighted by atomic mass is 10.0. The molecule has 0 saturated carbocycles. The molecule has 0 aliphatic heterocycles. The second-order valence-corrected chi connectivity index (χ2v) is 7.65. The lowest BCUT2D eigenvalue weighted by Gasteiger charge is -2.25. The van der Waals surface area contributed by atoms with E-state index in [1.807, 2.05) is 62.6 Å². The van der Waals surface area contributed by atoms with Gasteiger partial charge in [-0.25, -0.2) is 0 Å². The highest BCUT2D eigenvalue weighted by atomic mass is 35.5. The minimum atomic E-state index is -0.0891. The fourth-order valence-corrected chi connectivity index (χ4v) is 3.44. The number of fused-ring (bicyclic) bond motifs is 1. The Balaban J connectivity index is 1.68. The summed E-state index contributed by atoms with van der Waals surface area (Å²) in [4.78, 5) is 29.1. The number of nitrogens with one attached hydrogen (secondary N) is 2. The number of hydrogen-bond donors (Lipinski definition) is 2. The van der Waals surface area contributed by atoms with Gasteiger partial charge in [-0.3, -0.25) is 9.59 Å². The van der Waals surface area contributed by atoms with E-state index >= 15 is 0 Å². The van der Waals surface area contributed by atoms with Crippen molar-refractivity contribution in [2.45, 2.75) is 19.4 Å². The Morgan fingerprint density at radius 1 is 1.18 bits per heavy atom. The van der Waals surface area contributed by atoms with Crippen LogP contribution in [-0.4, -0.2) is 36.4 Å². The molecule has 0 spiro atoms. The van der Waals surface area contributed by atoms with Gasteiger partial charge in [0.15, 0.2) is 0 Å². The quantitative estimate of drug-likeness (QED) is 0.669. The maximum Gasteiger partial charge on any atom is 0.251 e. The summed E-state index contributed by atoms with van der Waals surface area (Å²) in [7, 11) is 3.95. The first kappa shape index (κ1) is 20.1. The minimum Gasteiger partial charge on any atom is -0.354 e. The van der Waals surface area contributed by atoms with Gasteiger partial charge < -0.3 is 15.2 Å². The average Bonchev–Trinajstić information content (AvgIpc) is 2.63. The van der Waals surface area contributed by atoms with E-state index in [1.54, 1.807) is 6.92 Å². The van der Waals surface area contributed by atoms with Crippen molar-refractivity contribution < 1.29 is 4.79 Å². The average molecular weight is 398 g/mol. The Labute approximate surface area is 169 Å². The molecule has 146 valence electrons. The number of amides is 1. The van der Waals surface area contributed by atoms with Crippen molar-refractivity contribution in [1.82, 2.24) is 15.2 Å². The van der Waals surface area contributed by atoms with Crippen LogP contribution in [0, 0.1) is 6.92 Å². The van der Waals surface area contributed by atoms with E-state index < -0.39 is 0 Å². The number of benzene rings is 2. The van der Waals surface area contributed by atoms with Gasteiger partial charge >= 0.3 is 0 Å². The third kappa shape index (κ3) is 4.80. The summed E-state index contributed by atoms with van der Waals surface area (Å²) in [5, 5.41) is 4.62. The second-order valence-electron chi connectivity index (χ2n) is 7.22. The summed E-state index contributed by atoms with van der Waals surface area (Å²) in [6.45, 7) is 2.26. The first-order chi connectivity index (χ1) is 13.3. The predicted octanol–water partition coefficient (Wildman–Crippen LogP) is 3.45. The van der Waals surface area contributed by atoms with Crippen molar-refractivity contribution >= 4 is 28.4 Å². The van der Waals surface area contributed by atoms with E-state index in [0.717, 1.165) is 22.0 Å². The van der Waals surface area contributed by atoms with Crippen molar-refractivity contribution in [3.8, 4) is 0 Å². The van der Waals surface area contributed by atoms with Crippen LogP contribution < -0.4 is 10.9 Å². The van der Waals surface area contributed by atoms with Crippen molar-refractivity contribution in [3.63, 3.8) is 0 Å². The molecule has 2 aromatic carbocycles. The second kappa shape index (κ2) is 8.59. The fourth-order valence-electron chi connectivity index (χ4n) is 3.25. The molecule has 28 heavy (non-hydrogen) atoms. The number of carbonyl (C=O) groups excluding carboxylic acids is 1. The molecule has 0 radical (unpaired) electrons. The molecule has 0 bridgehead atoms. The van der Waals surface area contributed by atoms with Crippen molar-refractivity contribution in [2.24, 2.45) is 0 Å². The number of likely N-dealkylation sites (N-methyl/N-ethyl adjacent to an activating group) is 1. The van der Waals surface area contributed by atoms with Crippen LogP contribution in [0.2, 0.25) is 5.02 Å². The first-order valence-corrected chi connectivity index (χ1v) is 9.52. The number of H-pyrrole nitrogens is 1. The SMILES string of the molecule is Cc1cc2cc(CC(=O)NCC(c3cccc(Cl)c3)N(C)C)ccc2[nH]c1=O. The predicted molar refractivity (Wildman–Crippen MR) is 114 cm³/mol. The van der Waals surface area contributed by atoms with Gasteiger partial charge in [-0.1, -0.05) is 29.8 Å². The molecule has 6 heteroatoms. The number of rotatable bonds is 6. The number of aryl methyl sites for hydroxylation is 1. The van der Waals surface area contributed by atoms with E-state index in [9.17, 15) is 9.59 Å². The molecule has 1 unspecified atom stereocenters. The summed E-state index contributed by atoms with van der Waals surface area (Å²) in [6, 6.07) is 15.2. The maximum atomic E-state index is 12.5. The molecule has 0 aliphatic rings. The molecular formula is C22H24ClN3O2. The van der Waals surface area contributed by atoms with Crippen LogP contribution in [0.15, 0.2) is 53.3 Å². The van der Waals surface area contributed by atoms with E-state index in [0.29, 0.717) is 17.1 Å². The van der Waals surface area contributed by atoms with Crippen LogP contribution >= 0.6 is 11.6 Å². The van der Waals surface area contributed by atoms with Gasteiger partial charge in [0, 0.05) is 22.6 Å². The molecule has 0 aliphatic carbocycles. The molecular weight excluding hydrogens is 374 g/mol. The van der Waals surface area contributed by atoms with Gasteiger partial charge in [0.25, 0.3) is 5.56 Å². The Morgan fingerprint density at radius 3 is 2.68 bits per heavy atom. The topological polar surface area (TPSA) is 65.2 Å². The molecule has 3 aromatic rings. The normalized spacial score (nSPS) is 12.3. The smallest absolute Gasteiger partial charge is 0.251 e. The highest BCUT2D eigenvalue weighted by Crippen LogP contribution is 2.21. The van der Waals surface area contributed by atoms with Gasteiger partial charge in [0.2, 0.25) is 5.91 Å². The third-order valence-corrected chi connectivity index (χ3v) is 5.04. The molecule has 0 fully saturated rings. The standard InChI is InChI=1S/C22H24ClN3O2/c1-14-9-17-10-15(7-8-19(17)25-22(14)28)11-21(27)24-13-20(26(2)3)16-5-4-6-18(23)12-16/h4-10,12,20H,11,13H2,1-3H3,(H,24,27)(H,25,28). The summed E-state index contributed by atoms with van der Waals surface area (Å²) in [5.74, 6) is -0.0469. The monoisotopic (exact) mass is 397 g/mol. The van der Waals surface area contributed by atoms with Gasteiger partial charge in [-0.15, -0.1) is 0 Å². The largest absolute Gasteiger partial charge is 0.354 e. The van der Waals surface area contributed by atoms with Gasteiger partial charge in [0.1, 0.15) is 0 Å². The molecule has 1 heterocycles. The number of halogens is 1. The summed E-state index contributed by atoms with van der Waals surface area (Å²) in [6.07, 6.45) is 0.282.